The third-order valence-corrected chi connectivity index (χ3v) is 2.37. The number of hydrogen-bond acceptors (Lipinski definition) is 0. The average Bonchev–Trinajstić information content (AvgIpc) is 2.59. The Kier molecular flexibility index (Phi) is 2.29. The van der Waals surface area contributed by atoms with Gasteiger partial charge in [-0.25, -0.2) is 0 Å². The van der Waals surface area contributed by atoms with Crippen molar-refractivity contribution in [3.05, 3.63) is 47.4 Å². The topological polar surface area (TPSA) is 0 Å². The fourth-order valence-electron chi connectivity index (χ4n) is 1.58. The van der Waals surface area contributed by atoms with E-state index in [4.69, 9.17) is 0 Å². The molecule has 0 bridgehead atoms. The summed E-state index contributed by atoms with van der Waals surface area (Å²) in [7, 11) is 0. The van der Waals surface area contributed by atoms with Crippen molar-refractivity contribution in [2.75, 3.05) is 0 Å². The van der Waals surface area contributed by atoms with Gasteiger partial charge < -0.3 is 0 Å². The molecule has 0 aromatic heterocycles. The van der Waals surface area contributed by atoms with Crippen molar-refractivity contribution in [3.8, 4) is 0 Å². The molecule has 5 heteroatoms. The van der Waals surface area contributed by atoms with Gasteiger partial charge in [0.1, 0.15) is 5.92 Å². The molecule has 1 aliphatic carbocycles. The molecule has 0 heterocycles. The van der Waals surface area contributed by atoms with Crippen LogP contribution in [0.25, 0.3) is 6.08 Å². The molecular formula is C11H6F5. The fraction of sp³-hybridized carbons (Fsp3) is 0.182. The monoisotopic (exact) mass is 233 g/mol. The van der Waals surface area contributed by atoms with Gasteiger partial charge in [0, 0.05) is 0 Å². The van der Waals surface area contributed by atoms with Gasteiger partial charge in [-0.2, -0.15) is 22.0 Å². The van der Waals surface area contributed by atoms with Gasteiger partial charge in [0.15, 0.2) is 0 Å². The minimum Gasteiger partial charge on any atom is -0.195 e. The van der Waals surface area contributed by atoms with E-state index in [9.17, 15) is 22.0 Å². The molecule has 0 spiro atoms. The summed E-state index contributed by atoms with van der Waals surface area (Å²) in [5.41, 5.74) is 0.311. The van der Waals surface area contributed by atoms with Gasteiger partial charge in [0.05, 0.1) is 0 Å². The van der Waals surface area contributed by atoms with E-state index in [0.717, 1.165) is 6.08 Å². The van der Waals surface area contributed by atoms with Crippen molar-refractivity contribution in [2.24, 2.45) is 0 Å². The molecule has 1 aliphatic rings. The fourth-order valence-corrected chi connectivity index (χ4v) is 1.58. The van der Waals surface area contributed by atoms with Gasteiger partial charge in [-0.15, -0.1) is 0 Å². The Morgan fingerprint density at radius 3 is 2.06 bits per heavy atom. The summed E-state index contributed by atoms with van der Waals surface area (Å²) in [6.45, 7) is 0. The zero-order valence-electron chi connectivity index (χ0n) is 7.85. The van der Waals surface area contributed by atoms with Crippen molar-refractivity contribution in [2.45, 2.75) is 12.1 Å². The molecule has 0 saturated carbocycles. The lowest BCUT2D eigenvalue weighted by atomic mass is 9.94. The highest BCUT2D eigenvalue weighted by Gasteiger charge is 2.63. The standard InChI is InChI=1S/C11H6F5/c12-10(13,11(14,15)16)9-6-5-7-3-1-2-4-8(7)9/h1-6H. The lowest BCUT2D eigenvalue weighted by Crippen LogP contribution is -2.41. The Balaban J connectivity index is 2.43. The third kappa shape index (κ3) is 1.50. The number of alkyl halides is 5. The van der Waals surface area contributed by atoms with Crippen LogP contribution < -0.4 is 0 Å². The molecule has 1 aromatic carbocycles. The van der Waals surface area contributed by atoms with Crippen molar-refractivity contribution >= 4 is 6.08 Å². The summed E-state index contributed by atoms with van der Waals surface area (Å²) in [4.78, 5) is 0. The van der Waals surface area contributed by atoms with Crippen molar-refractivity contribution in [3.63, 3.8) is 0 Å². The van der Waals surface area contributed by atoms with E-state index in [1.165, 1.54) is 24.3 Å². The van der Waals surface area contributed by atoms with Crippen LogP contribution in [0.2, 0.25) is 0 Å². The van der Waals surface area contributed by atoms with E-state index >= 15 is 0 Å². The third-order valence-electron chi connectivity index (χ3n) is 2.37. The molecule has 16 heavy (non-hydrogen) atoms. The van der Waals surface area contributed by atoms with E-state index in [1.54, 1.807) is 6.07 Å². The molecule has 0 fully saturated rings. The highest BCUT2D eigenvalue weighted by molar-refractivity contribution is 5.70. The summed E-state index contributed by atoms with van der Waals surface area (Å²) >= 11 is 0. The second kappa shape index (κ2) is 3.30. The molecule has 0 nitrogen and oxygen atoms in total. The number of allylic oxidation sites excluding steroid dienone is 1. The second-order valence-corrected chi connectivity index (χ2v) is 3.41. The van der Waals surface area contributed by atoms with Gasteiger partial charge in [0.25, 0.3) is 0 Å². The Hall–Kier alpha value is -1.39. The van der Waals surface area contributed by atoms with E-state index in [-0.39, 0.29) is 5.56 Å². The predicted molar refractivity (Wildman–Crippen MR) is 48.8 cm³/mol. The largest absolute Gasteiger partial charge is 0.454 e. The van der Waals surface area contributed by atoms with Crippen LogP contribution >= 0.6 is 0 Å². The Bertz CT molecular complexity index is 430. The molecule has 85 valence electrons. The highest BCUT2D eigenvalue weighted by atomic mass is 19.4. The number of fused-ring (bicyclic) bond motifs is 1. The van der Waals surface area contributed by atoms with Gasteiger partial charge in [-0.05, 0) is 11.1 Å². The predicted octanol–water partition coefficient (Wildman–Crippen LogP) is 3.83. The van der Waals surface area contributed by atoms with Crippen LogP contribution in [0.3, 0.4) is 0 Å². The van der Waals surface area contributed by atoms with Crippen LogP contribution in [0.1, 0.15) is 11.1 Å². The second-order valence-electron chi connectivity index (χ2n) is 3.41. The first-order valence-electron chi connectivity index (χ1n) is 4.43. The maximum Gasteiger partial charge on any atom is 0.454 e. The minimum atomic E-state index is -5.57. The molecule has 2 rings (SSSR count). The molecule has 1 aromatic rings. The van der Waals surface area contributed by atoms with Crippen LogP contribution in [0.4, 0.5) is 22.0 Å². The number of hydrogen-bond donors (Lipinski definition) is 0. The molecule has 0 amide bonds. The molecular weight excluding hydrogens is 227 g/mol. The Labute approximate surface area is 88.4 Å². The normalized spacial score (nSPS) is 16.6. The Morgan fingerprint density at radius 1 is 0.812 bits per heavy atom. The van der Waals surface area contributed by atoms with Gasteiger partial charge in [0.2, 0.25) is 0 Å². The summed E-state index contributed by atoms with van der Waals surface area (Å²) in [5.74, 6) is -5.80. The smallest absolute Gasteiger partial charge is 0.195 e. The average molecular weight is 233 g/mol. The van der Waals surface area contributed by atoms with E-state index in [2.05, 4.69) is 0 Å². The lowest BCUT2D eigenvalue weighted by molar-refractivity contribution is -0.269. The first kappa shape index (κ1) is 11.1. The summed E-state index contributed by atoms with van der Waals surface area (Å²) in [6, 6.07) is 5.76. The zero-order valence-corrected chi connectivity index (χ0v) is 7.85. The molecule has 0 N–H and O–H groups in total. The van der Waals surface area contributed by atoms with Crippen LogP contribution in [0, 0.1) is 5.92 Å². The first-order chi connectivity index (χ1) is 7.34. The maximum absolute atomic E-state index is 13.1. The number of benzene rings is 1. The van der Waals surface area contributed by atoms with E-state index in [0.29, 0.717) is 5.56 Å². The molecule has 0 atom stereocenters. The Morgan fingerprint density at radius 2 is 1.44 bits per heavy atom. The van der Waals surface area contributed by atoms with E-state index in [1.807, 2.05) is 0 Å². The van der Waals surface area contributed by atoms with Crippen molar-refractivity contribution in [1.29, 1.82) is 0 Å². The van der Waals surface area contributed by atoms with Crippen LogP contribution in [0.5, 0.6) is 0 Å². The van der Waals surface area contributed by atoms with E-state index < -0.39 is 18.0 Å². The molecule has 0 aliphatic heterocycles. The maximum atomic E-state index is 13.1. The minimum absolute atomic E-state index is 0.0650. The lowest BCUT2D eigenvalue weighted by Gasteiger charge is -2.24. The van der Waals surface area contributed by atoms with Crippen LogP contribution in [-0.4, -0.2) is 12.1 Å². The SMILES string of the molecule is FC(F)(F)C(F)(F)[C]1C=Cc2ccccc21. The first-order valence-corrected chi connectivity index (χ1v) is 4.43. The van der Waals surface area contributed by atoms with Crippen molar-refractivity contribution in [1.82, 2.24) is 0 Å². The van der Waals surface area contributed by atoms with Gasteiger partial charge in [-0.3, -0.25) is 0 Å². The molecule has 0 saturated heterocycles. The van der Waals surface area contributed by atoms with Gasteiger partial charge >= 0.3 is 12.1 Å². The highest BCUT2D eigenvalue weighted by Crippen LogP contribution is 2.48. The van der Waals surface area contributed by atoms with Crippen LogP contribution in [-0.2, 0) is 0 Å². The van der Waals surface area contributed by atoms with Crippen molar-refractivity contribution < 1.29 is 22.0 Å². The quantitative estimate of drug-likeness (QED) is 0.646. The molecule has 0 unspecified atom stereocenters. The number of halogens is 5. The molecule has 1 radical (unpaired) electrons. The summed E-state index contributed by atoms with van der Waals surface area (Å²) < 4.78 is 62.7. The van der Waals surface area contributed by atoms with Gasteiger partial charge in [-0.1, -0.05) is 36.4 Å². The van der Waals surface area contributed by atoms with Crippen LogP contribution in [0.15, 0.2) is 30.3 Å². The summed E-state index contributed by atoms with van der Waals surface area (Å²) in [5, 5.41) is 0. The number of rotatable bonds is 1. The zero-order chi connectivity index (χ0) is 12.0. The summed E-state index contributed by atoms with van der Waals surface area (Å²) in [6.07, 6.45) is -3.49.